The Morgan fingerprint density at radius 2 is 1.92 bits per heavy atom. The van der Waals surface area contributed by atoms with Gasteiger partial charge < -0.3 is 0 Å². The summed E-state index contributed by atoms with van der Waals surface area (Å²) in [4.78, 5) is 11.5. The Bertz CT molecular complexity index is 463. The maximum Gasteiger partial charge on any atom is 0.365 e. The first-order valence-corrected chi connectivity index (χ1v) is 3.96. The van der Waals surface area contributed by atoms with E-state index >= 15 is 0 Å². The van der Waals surface area contributed by atoms with Gasteiger partial charge in [-0.3, -0.25) is 4.68 Å². The second-order valence-electron chi connectivity index (χ2n) is 2.83. The third-order valence-corrected chi connectivity index (χ3v) is 1.88. The molecule has 0 bridgehead atoms. The van der Waals surface area contributed by atoms with Crippen molar-refractivity contribution >= 4 is 0 Å². The van der Waals surface area contributed by atoms with Gasteiger partial charge in [-0.2, -0.15) is 9.77 Å². The third-order valence-electron chi connectivity index (χ3n) is 1.88. The van der Waals surface area contributed by atoms with E-state index < -0.39 is 0 Å². The second kappa shape index (κ2) is 2.62. The zero-order valence-corrected chi connectivity index (χ0v) is 7.51. The van der Waals surface area contributed by atoms with Crippen LogP contribution in [0.2, 0.25) is 0 Å². The zero-order valence-electron chi connectivity index (χ0n) is 7.51. The van der Waals surface area contributed by atoms with Crippen molar-refractivity contribution in [1.29, 1.82) is 0 Å². The highest BCUT2D eigenvalue weighted by molar-refractivity contribution is 4.94. The van der Waals surface area contributed by atoms with Gasteiger partial charge in [0.1, 0.15) is 0 Å². The molecule has 0 fully saturated rings. The van der Waals surface area contributed by atoms with Crippen molar-refractivity contribution in [3.8, 4) is 0 Å². The molecule has 68 valence electrons. The molecule has 0 N–H and O–H groups in total. The Kier molecular flexibility index (Phi) is 1.58. The lowest BCUT2D eigenvalue weighted by molar-refractivity contribution is 0.603. The molecule has 0 radical (unpaired) electrons. The van der Waals surface area contributed by atoms with Gasteiger partial charge in [-0.05, 0) is 19.1 Å². The molecule has 0 saturated carbocycles. The molecule has 2 heterocycles. The van der Waals surface area contributed by atoms with Crippen molar-refractivity contribution in [2.24, 2.45) is 7.05 Å². The van der Waals surface area contributed by atoms with Crippen LogP contribution in [0.4, 0.5) is 0 Å². The summed E-state index contributed by atoms with van der Waals surface area (Å²) in [6.07, 6.45) is 3.60. The van der Waals surface area contributed by atoms with Crippen LogP contribution in [0.3, 0.4) is 0 Å². The van der Waals surface area contributed by atoms with Crippen LogP contribution in [-0.4, -0.2) is 19.1 Å². The van der Waals surface area contributed by atoms with Crippen LogP contribution in [0.25, 0.3) is 0 Å². The van der Waals surface area contributed by atoms with Crippen molar-refractivity contribution in [2.45, 2.75) is 6.92 Å². The molecule has 13 heavy (non-hydrogen) atoms. The normalized spacial score (nSPS) is 10.6. The molecule has 2 rings (SSSR count). The second-order valence-corrected chi connectivity index (χ2v) is 2.83. The molecule has 0 saturated heterocycles. The van der Waals surface area contributed by atoms with Gasteiger partial charge in [0.05, 0.1) is 0 Å². The summed E-state index contributed by atoms with van der Waals surface area (Å²) in [5.41, 5.74) is -0.145. The number of rotatable bonds is 1. The van der Waals surface area contributed by atoms with Crippen molar-refractivity contribution < 1.29 is 0 Å². The SMILES string of the molecule is Cc1nn(C)c(=O)n1-n1cccc1. The molecular weight excluding hydrogens is 168 g/mol. The Balaban J connectivity index is 2.71. The van der Waals surface area contributed by atoms with E-state index in [0.29, 0.717) is 5.82 Å². The molecule has 5 nitrogen and oxygen atoms in total. The predicted octanol–water partition coefficient (Wildman–Crippen LogP) is 0.00312. The van der Waals surface area contributed by atoms with E-state index in [0.717, 1.165) is 0 Å². The highest BCUT2D eigenvalue weighted by Gasteiger charge is 2.06. The molecule has 0 aliphatic heterocycles. The van der Waals surface area contributed by atoms with Crippen molar-refractivity contribution in [3.05, 3.63) is 40.8 Å². The molecule has 0 atom stereocenters. The fourth-order valence-corrected chi connectivity index (χ4v) is 1.30. The van der Waals surface area contributed by atoms with E-state index in [1.54, 1.807) is 31.0 Å². The summed E-state index contributed by atoms with van der Waals surface area (Å²) < 4.78 is 4.51. The minimum atomic E-state index is -0.145. The van der Waals surface area contributed by atoms with Gasteiger partial charge in [-0.15, -0.1) is 0 Å². The van der Waals surface area contributed by atoms with Crippen molar-refractivity contribution in [3.63, 3.8) is 0 Å². The Morgan fingerprint density at radius 3 is 2.38 bits per heavy atom. The predicted molar refractivity (Wildman–Crippen MR) is 47.4 cm³/mol. The van der Waals surface area contributed by atoms with Gasteiger partial charge in [-0.25, -0.2) is 9.48 Å². The average Bonchev–Trinajstić information content (AvgIpc) is 2.63. The fourth-order valence-electron chi connectivity index (χ4n) is 1.30. The molecule has 0 aliphatic rings. The van der Waals surface area contributed by atoms with E-state index in [1.807, 2.05) is 12.1 Å². The molecule has 0 spiro atoms. The van der Waals surface area contributed by atoms with E-state index in [1.165, 1.54) is 9.36 Å². The molecule has 0 unspecified atom stereocenters. The van der Waals surface area contributed by atoms with Gasteiger partial charge in [0.25, 0.3) is 0 Å². The molecule has 0 aromatic carbocycles. The first kappa shape index (κ1) is 7.85. The minimum absolute atomic E-state index is 0.145. The van der Waals surface area contributed by atoms with Gasteiger partial charge in [0, 0.05) is 19.4 Å². The smallest absolute Gasteiger partial charge is 0.258 e. The third kappa shape index (κ3) is 1.09. The van der Waals surface area contributed by atoms with Crippen molar-refractivity contribution in [1.82, 2.24) is 19.1 Å². The summed E-state index contributed by atoms with van der Waals surface area (Å²) in [6, 6.07) is 3.72. The maximum atomic E-state index is 11.5. The van der Waals surface area contributed by atoms with E-state index in [9.17, 15) is 4.79 Å². The number of aromatic nitrogens is 4. The Labute approximate surface area is 74.8 Å². The number of nitrogens with zero attached hydrogens (tertiary/aromatic N) is 4. The van der Waals surface area contributed by atoms with E-state index in [-0.39, 0.29) is 5.69 Å². The Morgan fingerprint density at radius 1 is 1.31 bits per heavy atom. The lowest BCUT2D eigenvalue weighted by atomic mass is 10.7. The lowest BCUT2D eigenvalue weighted by Gasteiger charge is -2.01. The van der Waals surface area contributed by atoms with Gasteiger partial charge in [0.15, 0.2) is 5.82 Å². The maximum absolute atomic E-state index is 11.5. The van der Waals surface area contributed by atoms with Crippen LogP contribution in [0.1, 0.15) is 5.82 Å². The molecule has 0 aliphatic carbocycles. The quantitative estimate of drug-likeness (QED) is 0.617. The molecule has 2 aromatic heterocycles. The fraction of sp³-hybridized carbons (Fsp3) is 0.250. The van der Waals surface area contributed by atoms with Gasteiger partial charge >= 0.3 is 5.69 Å². The highest BCUT2D eigenvalue weighted by atomic mass is 16.2. The monoisotopic (exact) mass is 178 g/mol. The van der Waals surface area contributed by atoms with Crippen LogP contribution in [0.15, 0.2) is 29.3 Å². The molecule has 0 amide bonds. The summed E-state index contributed by atoms with van der Waals surface area (Å²) in [5.74, 6) is 0.670. The summed E-state index contributed by atoms with van der Waals surface area (Å²) in [6.45, 7) is 1.79. The molecule has 5 heteroatoms. The number of aryl methyl sites for hydroxylation is 2. The van der Waals surface area contributed by atoms with Gasteiger partial charge in [0.2, 0.25) is 0 Å². The summed E-state index contributed by atoms with van der Waals surface area (Å²) >= 11 is 0. The van der Waals surface area contributed by atoms with Crippen LogP contribution in [0.5, 0.6) is 0 Å². The summed E-state index contributed by atoms with van der Waals surface area (Å²) in [7, 11) is 1.63. The van der Waals surface area contributed by atoms with Crippen LogP contribution < -0.4 is 5.69 Å². The zero-order chi connectivity index (χ0) is 9.42. The lowest BCUT2D eigenvalue weighted by Crippen LogP contribution is -2.27. The molecular formula is C8H10N4O. The van der Waals surface area contributed by atoms with Crippen LogP contribution in [-0.2, 0) is 7.05 Å². The topological polar surface area (TPSA) is 44.8 Å². The summed E-state index contributed by atoms with van der Waals surface area (Å²) in [5, 5.41) is 4.01. The first-order valence-electron chi connectivity index (χ1n) is 3.96. The van der Waals surface area contributed by atoms with Crippen LogP contribution >= 0.6 is 0 Å². The van der Waals surface area contributed by atoms with Crippen molar-refractivity contribution in [2.75, 3.05) is 0 Å². The largest absolute Gasteiger partial charge is 0.365 e. The Hall–Kier alpha value is -1.78. The first-order chi connectivity index (χ1) is 6.20. The van der Waals surface area contributed by atoms with E-state index in [2.05, 4.69) is 5.10 Å². The van der Waals surface area contributed by atoms with Gasteiger partial charge in [-0.1, -0.05) is 0 Å². The minimum Gasteiger partial charge on any atom is -0.258 e. The highest BCUT2D eigenvalue weighted by Crippen LogP contribution is 1.93. The average molecular weight is 178 g/mol. The molecule has 2 aromatic rings. The van der Waals surface area contributed by atoms with Crippen LogP contribution in [0, 0.1) is 6.92 Å². The number of hydrogen-bond donors (Lipinski definition) is 0. The van der Waals surface area contributed by atoms with E-state index in [4.69, 9.17) is 0 Å². The number of hydrogen-bond acceptors (Lipinski definition) is 2. The standard InChI is InChI=1S/C8H10N4O/c1-7-9-10(2)8(13)12(7)11-5-3-4-6-11/h3-6H,1-2H3.